The molecule has 1 aromatic heterocycles. The maximum atomic E-state index is 13.3. The lowest BCUT2D eigenvalue weighted by Crippen LogP contribution is -2.59. The highest BCUT2D eigenvalue weighted by Gasteiger charge is 2.58. The van der Waals surface area contributed by atoms with Gasteiger partial charge in [0, 0.05) is 18.0 Å². The minimum absolute atomic E-state index is 0.0829. The molecule has 1 unspecified atom stereocenters. The van der Waals surface area contributed by atoms with Crippen LogP contribution in [0.2, 0.25) is 4.34 Å². The first-order valence-corrected chi connectivity index (χ1v) is 10.3. The fourth-order valence-electron chi connectivity index (χ4n) is 4.29. The van der Waals surface area contributed by atoms with Gasteiger partial charge in [0.25, 0.3) is 5.91 Å². The summed E-state index contributed by atoms with van der Waals surface area (Å²) in [5, 5.41) is 3.05. The largest absolute Gasteiger partial charge is 0.326 e. The molecular formula is C19H26ClN3O2S. The standard InChI is InChI=1S/C19H26ClN3O2S/c1-4-10-22(11-15-8-9-16(20)26-15)12-23-17(24)19(21-18(23)25)13(2)6-5-7-14(19)3/h4,8-9,13-14H,1,5-7,10-12H2,2-3H3,(H,21,25)/t13-,14+,19?. The lowest BCUT2D eigenvalue weighted by molar-refractivity contribution is -0.138. The van der Waals surface area contributed by atoms with Crippen molar-refractivity contribution >= 4 is 34.9 Å². The fraction of sp³-hybridized carbons (Fsp3) is 0.579. The predicted octanol–water partition coefficient (Wildman–Crippen LogP) is 4.09. The number of hydrogen-bond acceptors (Lipinski definition) is 4. The Morgan fingerprint density at radius 2 is 2.08 bits per heavy atom. The quantitative estimate of drug-likeness (QED) is 0.583. The van der Waals surface area contributed by atoms with Gasteiger partial charge in [-0.1, -0.05) is 37.9 Å². The van der Waals surface area contributed by atoms with E-state index in [-0.39, 0.29) is 30.4 Å². The van der Waals surface area contributed by atoms with E-state index in [4.69, 9.17) is 11.6 Å². The van der Waals surface area contributed by atoms with Gasteiger partial charge >= 0.3 is 6.03 Å². The van der Waals surface area contributed by atoms with Crippen molar-refractivity contribution in [3.63, 3.8) is 0 Å². The summed E-state index contributed by atoms with van der Waals surface area (Å²) in [4.78, 5) is 30.4. The monoisotopic (exact) mass is 395 g/mol. The molecule has 2 aliphatic rings. The minimum atomic E-state index is -0.749. The maximum Gasteiger partial charge on any atom is 0.326 e. The average molecular weight is 396 g/mol. The molecule has 1 aliphatic carbocycles. The van der Waals surface area contributed by atoms with Gasteiger partial charge in [0.05, 0.1) is 11.0 Å². The first-order valence-electron chi connectivity index (χ1n) is 9.10. The van der Waals surface area contributed by atoms with Crippen LogP contribution >= 0.6 is 22.9 Å². The number of nitrogens with one attached hydrogen (secondary N) is 1. The molecule has 1 saturated heterocycles. The number of imide groups is 1. The zero-order valence-corrected chi connectivity index (χ0v) is 16.9. The summed E-state index contributed by atoms with van der Waals surface area (Å²) in [6.07, 6.45) is 4.83. The molecule has 0 aromatic carbocycles. The number of rotatable bonds is 6. The van der Waals surface area contributed by atoms with E-state index in [1.54, 1.807) is 6.08 Å². The molecule has 26 heavy (non-hydrogen) atoms. The van der Waals surface area contributed by atoms with E-state index in [2.05, 4.69) is 25.7 Å². The number of thiophene rings is 1. The van der Waals surface area contributed by atoms with Crippen molar-refractivity contribution in [1.29, 1.82) is 0 Å². The van der Waals surface area contributed by atoms with Crippen LogP contribution < -0.4 is 5.32 Å². The van der Waals surface area contributed by atoms with Gasteiger partial charge in [-0.2, -0.15) is 0 Å². The molecule has 2 fully saturated rings. The highest BCUT2D eigenvalue weighted by atomic mass is 35.5. The maximum absolute atomic E-state index is 13.3. The van der Waals surface area contributed by atoms with Gasteiger partial charge in [0.2, 0.25) is 0 Å². The molecule has 5 nitrogen and oxygen atoms in total. The van der Waals surface area contributed by atoms with Gasteiger partial charge < -0.3 is 5.32 Å². The van der Waals surface area contributed by atoms with Crippen molar-refractivity contribution in [2.45, 2.75) is 45.2 Å². The van der Waals surface area contributed by atoms with Gasteiger partial charge in [0.15, 0.2) is 0 Å². The third-order valence-electron chi connectivity index (χ3n) is 5.72. The molecule has 1 N–H and O–H groups in total. The Kier molecular flexibility index (Phi) is 5.75. The Morgan fingerprint density at radius 1 is 1.38 bits per heavy atom. The number of halogens is 1. The van der Waals surface area contributed by atoms with Crippen molar-refractivity contribution in [2.24, 2.45) is 11.8 Å². The molecule has 1 aliphatic heterocycles. The average Bonchev–Trinajstić information content (AvgIpc) is 3.10. The van der Waals surface area contributed by atoms with Crippen LogP contribution in [0.15, 0.2) is 24.8 Å². The molecular weight excluding hydrogens is 370 g/mol. The van der Waals surface area contributed by atoms with Gasteiger partial charge in [0.1, 0.15) is 5.54 Å². The van der Waals surface area contributed by atoms with Crippen LogP contribution in [0.1, 0.15) is 38.0 Å². The Labute approximate surface area is 164 Å². The van der Waals surface area contributed by atoms with Crippen molar-refractivity contribution < 1.29 is 9.59 Å². The number of amides is 3. The van der Waals surface area contributed by atoms with Crippen LogP contribution in [0.4, 0.5) is 4.79 Å². The molecule has 1 aromatic rings. The lowest BCUT2D eigenvalue weighted by atomic mass is 9.67. The molecule has 1 saturated carbocycles. The SMILES string of the molecule is C=CCN(Cc1ccc(Cl)s1)CN1C(=O)NC2(C1=O)[C@H](C)CCC[C@@H]2C. The van der Waals surface area contributed by atoms with Crippen LogP contribution in [0.3, 0.4) is 0 Å². The van der Waals surface area contributed by atoms with Crippen LogP contribution in [-0.2, 0) is 11.3 Å². The smallest absolute Gasteiger partial charge is 0.323 e. The third kappa shape index (κ3) is 3.42. The van der Waals surface area contributed by atoms with E-state index in [0.717, 1.165) is 28.5 Å². The zero-order valence-electron chi connectivity index (χ0n) is 15.3. The van der Waals surface area contributed by atoms with E-state index in [9.17, 15) is 9.59 Å². The molecule has 2 heterocycles. The number of carbonyl (C=O) groups is 2. The topological polar surface area (TPSA) is 52.6 Å². The van der Waals surface area contributed by atoms with Crippen LogP contribution in [0, 0.1) is 11.8 Å². The zero-order chi connectivity index (χ0) is 18.9. The van der Waals surface area contributed by atoms with E-state index < -0.39 is 5.54 Å². The van der Waals surface area contributed by atoms with Crippen molar-refractivity contribution in [3.05, 3.63) is 34.0 Å². The van der Waals surface area contributed by atoms with Gasteiger partial charge in [-0.15, -0.1) is 17.9 Å². The molecule has 0 bridgehead atoms. The molecule has 0 radical (unpaired) electrons. The minimum Gasteiger partial charge on any atom is -0.323 e. The highest BCUT2D eigenvalue weighted by molar-refractivity contribution is 7.16. The van der Waals surface area contributed by atoms with E-state index in [1.165, 1.54) is 16.2 Å². The van der Waals surface area contributed by atoms with Crippen molar-refractivity contribution in [3.8, 4) is 0 Å². The number of hydrogen-bond donors (Lipinski definition) is 1. The first kappa shape index (κ1) is 19.4. The summed E-state index contributed by atoms with van der Waals surface area (Å²) in [6.45, 7) is 9.42. The van der Waals surface area contributed by atoms with Crippen molar-refractivity contribution in [1.82, 2.24) is 15.1 Å². The lowest BCUT2D eigenvalue weighted by Gasteiger charge is -2.42. The molecule has 1 spiro atoms. The fourth-order valence-corrected chi connectivity index (χ4v) is 5.42. The summed E-state index contributed by atoms with van der Waals surface area (Å²) in [5.74, 6) is 0.216. The van der Waals surface area contributed by atoms with Gasteiger partial charge in [-0.25, -0.2) is 9.69 Å². The van der Waals surface area contributed by atoms with Crippen molar-refractivity contribution in [2.75, 3.05) is 13.2 Å². The summed E-state index contributed by atoms with van der Waals surface area (Å²) in [6, 6.07) is 3.55. The highest BCUT2D eigenvalue weighted by Crippen LogP contribution is 2.42. The molecule has 7 heteroatoms. The van der Waals surface area contributed by atoms with E-state index in [1.807, 2.05) is 17.0 Å². The van der Waals surface area contributed by atoms with E-state index >= 15 is 0 Å². The number of urea groups is 1. The molecule has 3 amide bonds. The summed E-state index contributed by atoms with van der Waals surface area (Å²) in [5.41, 5.74) is -0.749. The second-order valence-corrected chi connectivity index (χ2v) is 9.21. The summed E-state index contributed by atoms with van der Waals surface area (Å²) < 4.78 is 0.734. The summed E-state index contributed by atoms with van der Waals surface area (Å²) in [7, 11) is 0. The molecule has 142 valence electrons. The van der Waals surface area contributed by atoms with Gasteiger partial charge in [-0.3, -0.25) is 9.69 Å². The Hall–Kier alpha value is -1.37. The third-order valence-corrected chi connectivity index (χ3v) is 6.94. The van der Waals surface area contributed by atoms with Crippen LogP contribution in [-0.4, -0.2) is 40.5 Å². The predicted molar refractivity (Wildman–Crippen MR) is 105 cm³/mol. The normalized spacial score (nSPS) is 28.8. The Bertz CT molecular complexity index is 695. The second-order valence-electron chi connectivity index (χ2n) is 7.41. The van der Waals surface area contributed by atoms with Gasteiger partial charge in [-0.05, 0) is 36.8 Å². The Balaban J connectivity index is 1.77. The number of carbonyl (C=O) groups excluding carboxylic acids is 2. The number of nitrogens with zero attached hydrogens (tertiary/aromatic N) is 2. The summed E-state index contributed by atoms with van der Waals surface area (Å²) >= 11 is 7.53. The second kappa shape index (κ2) is 7.71. The molecule has 3 rings (SSSR count). The van der Waals surface area contributed by atoms with Crippen LogP contribution in [0.25, 0.3) is 0 Å². The Morgan fingerprint density at radius 3 is 2.65 bits per heavy atom. The first-order chi connectivity index (χ1) is 12.4. The van der Waals surface area contributed by atoms with E-state index in [0.29, 0.717) is 13.1 Å². The molecule has 3 atom stereocenters. The van der Waals surface area contributed by atoms with Crippen LogP contribution in [0.5, 0.6) is 0 Å².